The van der Waals surface area contributed by atoms with E-state index in [4.69, 9.17) is 4.74 Å². The van der Waals surface area contributed by atoms with Crippen molar-refractivity contribution in [2.45, 2.75) is 39.4 Å². The molecule has 1 fully saturated rings. The van der Waals surface area contributed by atoms with Gasteiger partial charge in [-0.25, -0.2) is 8.42 Å². The van der Waals surface area contributed by atoms with Crippen molar-refractivity contribution in [2.24, 2.45) is 0 Å². The van der Waals surface area contributed by atoms with Crippen LogP contribution in [0.2, 0.25) is 0 Å². The van der Waals surface area contributed by atoms with E-state index in [0.29, 0.717) is 23.4 Å². The second-order valence-electron chi connectivity index (χ2n) is 7.70. The van der Waals surface area contributed by atoms with Crippen LogP contribution >= 0.6 is 0 Å². The van der Waals surface area contributed by atoms with E-state index in [-0.39, 0.29) is 24.7 Å². The van der Waals surface area contributed by atoms with Gasteiger partial charge in [-0.2, -0.15) is 0 Å². The van der Waals surface area contributed by atoms with Crippen LogP contribution in [0, 0.1) is 13.8 Å². The minimum absolute atomic E-state index is 0.0366. The molecule has 1 heterocycles. The topological polar surface area (TPSA) is 95.9 Å². The van der Waals surface area contributed by atoms with Crippen molar-refractivity contribution in [1.82, 2.24) is 4.90 Å². The lowest BCUT2D eigenvalue weighted by atomic mass is 10.0. The van der Waals surface area contributed by atoms with Gasteiger partial charge in [-0.15, -0.1) is 0 Å². The zero-order valence-corrected chi connectivity index (χ0v) is 18.3. The molecule has 0 bridgehead atoms. The average Bonchev–Trinajstić information content (AvgIpc) is 3.03. The molecule has 2 atom stereocenters. The number of hydrogen-bond acceptors (Lipinski definition) is 5. The van der Waals surface area contributed by atoms with Gasteiger partial charge >= 0.3 is 0 Å². The molecule has 1 aliphatic heterocycles. The van der Waals surface area contributed by atoms with Crippen molar-refractivity contribution >= 4 is 21.6 Å². The number of rotatable bonds is 7. The third-order valence-electron chi connectivity index (χ3n) is 5.02. The SMILES string of the molecule is CCCS(=O)(=O)Nc1cccc(OC2CN(C(=O)c3cc(C)ccc3C)CC2O)c1. The number of nitrogens with zero attached hydrogens (tertiary/aromatic N) is 1. The minimum atomic E-state index is -3.41. The number of amides is 1. The fourth-order valence-electron chi connectivity index (χ4n) is 3.48. The second-order valence-corrected chi connectivity index (χ2v) is 9.54. The number of aryl methyl sites for hydroxylation is 2. The summed E-state index contributed by atoms with van der Waals surface area (Å²) in [5.41, 5.74) is 2.90. The summed E-state index contributed by atoms with van der Waals surface area (Å²) in [5, 5.41) is 10.4. The van der Waals surface area contributed by atoms with Gasteiger partial charge in [-0.3, -0.25) is 9.52 Å². The van der Waals surface area contributed by atoms with Gasteiger partial charge in [0.1, 0.15) is 18.0 Å². The van der Waals surface area contributed by atoms with E-state index in [1.54, 1.807) is 36.1 Å². The Balaban J connectivity index is 1.69. The Hall–Kier alpha value is -2.58. The molecule has 0 aromatic heterocycles. The largest absolute Gasteiger partial charge is 0.486 e. The molecular weight excluding hydrogens is 404 g/mol. The highest BCUT2D eigenvalue weighted by Gasteiger charge is 2.36. The van der Waals surface area contributed by atoms with Crippen molar-refractivity contribution in [1.29, 1.82) is 0 Å². The molecule has 0 radical (unpaired) electrons. The maximum atomic E-state index is 12.9. The molecule has 2 aromatic carbocycles. The molecule has 2 aromatic rings. The maximum absolute atomic E-state index is 12.9. The Morgan fingerprint density at radius 3 is 2.70 bits per heavy atom. The Morgan fingerprint density at radius 2 is 1.97 bits per heavy atom. The maximum Gasteiger partial charge on any atom is 0.254 e. The van der Waals surface area contributed by atoms with Gasteiger partial charge in [0.05, 0.1) is 24.5 Å². The summed E-state index contributed by atoms with van der Waals surface area (Å²) in [6, 6.07) is 12.3. The second kappa shape index (κ2) is 9.06. The number of sulfonamides is 1. The first-order chi connectivity index (χ1) is 14.2. The van der Waals surface area contributed by atoms with Gasteiger partial charge in [0.2, 0.25) is 10.0 Å². The van der Waals surface area contributed by atoms with Gasteiger partial charge in [-0.05, 0) is 44.0 Å². The van der Waals surface area contributed by atoms with Crippen molar-refractivity contribution in [2.75, 3.05) is 23.6 Å². The van der Waals surface area contributed by atoms with E-state index in [1.165, 1.54) is 0 Å². The van der Waals surface area contributed by atoms with Crippen LogP contribution in [-0.2, 0) is 10.0 Å². The normalized spacial score (nSPS) is 19.0. The van der Waals surface area contributed by atoms with Crippen molar-refractivity contribution in [3.63, 3.8) is 0 Å². The predicted octanol–water partition coefficient (Wildman–Crippen LogP) is 2.72. The third-order valence-corrected chi connectivity index (χ3v) is 6.51. The van der Waals surface area contributed by atoms with E-state index >= 15 is 0 Å². The zero-order chi connectivity index (χ0) is 21.9. The summed E-state index contributed by atoms with van der Waals surface area (Å²) < 4.78 is 32.4. The van der Waals surface area contributed by atoms with Gasteiger partial charge in [-0.1, -0.05) is 30.7 Å². The molecule has 1 aliphatic rings. The van der Waals surface area contributed by atoms with Crippen molar-refractivity contribution in [3.8, 4) is 5.75 Å². The number of aliphatic hydroxyl groups is 1. The van der Waals surface area contributed by atoms with E-state index in [0.717, 1.165) is 11.1 Å². The van der Waals surface area contributed by atoms with Gasteiger partial charge in [0, 0.05) is 11.6 Å². The highest BCUT2D eigenvalue weighted by Crippen LogP contribution is 2.24. The first kappa shape index (κ1) is 22.1. The molecule has 162 valence electrons. The van der Waals surface area contributed by atoms with E-state index in [2.05, 4.69) is 4.72 Å². The number of hydrogen-bond donors (Lipinski definition) is 2. The molecule has 1 amide bonds. The van der Waals surface area contributed by atoms with Gasteiger partial charge in [0.15, 0.2) is 0 Å². The quantitative estimate of drug-likeness (QED) is 0.701. The number of likely N-dealkylation sites (tertiary alicyclic amines) is 1. The Kier molecular flexibility index (Phi) is 6.67. The van der Waals surface area contributed by atoms with Gasteiger partial charge in [0.25, 0.3) is 5.91 Å². The number of benzene rings is 2. The summed E-state index contributed by atoms with van der Waals surface area (Å²) in [5.74, 6) is 0.328. The monoisotopic (exact) mass is 432 g/mol. The molecule has 3 rings (SSSR count). The van der Waals surface area contributed by atoms with Gasteiger partial charge < -0.3 is 14.7 Å². The Labute approximate surface area is 177 Å². The summed E-state index contributed by atoms with van der Waals surface area (Å²) >= 11 is 0. The van der Waals surface area contributed by atoms with Crippen LogP contribution in [0.3, 0.4) is 0 Å². The molecule has 0 saturated carbocycles. The van der Waals surface area contributed by atoms with Crippen molar-refractivity contribution < 1.29 is 23.1 Å². The first-order valence-electron chi connectivity index (χ1n) is 10.0. The first-order valence-corrected chi connectivity index (χ1v) is 11.7. The molecule has 0 aliphatic carbocycles. The van der Waals surface area contributed by atoms with Crippen LogP contribution in [0.5, 0.6) is 5.75 Å². The Morgan fingerprint density at radius 1 is 1.20 bits per heavy atom. The van der Waals surface area contributed by atoms with Crippen LogP contribution in [0.15, 0.2) is 42.5 Å². The van der Waals surface area contributed by atoms with E-state index in [9.17, 15) is 18.3 Å². The molecule has 7 nitrogen and oxygen atoms in total. The summed E-state index contributed by atoms with van der Waals surface area (Å²) in [7, 11) is -3.41. The van der Waals surface area contributed by atoms with Crippen molar-refractivity contribution in [3.05, 3.63) is 59.2 Å². The molecule has 2 N–H and O–H groups in total. The molecule has 0 spiro atoms. The van der Waals surface area contributed by atoms with Crippen LogP contribution in [0.1, 0.15) is 34.8 Å². The molecular formula is C22H28N2O5S. The zero-order valence-electron chi connectivity index (χ0n) is 17.5. The van der Waals surface area contributed by atoms with Crippen LogP contribution < -0.4 is 9.46 Å². The average molecular weight is 433 g/mol. The fourth-order valence-corrected chi connectivity index (χ4v) is 4.61. The predicted molar refractivity (Wildman–Crippen MR) is 116 cm³/mol. The summed E-state index contributed by atoms with van der Waals surface area (Å²) in [6.07, 6.45) is -0.912. The number of carbonyl (C=O) groups excluding carboxylic acids is 1. The number of β-amino-alcohol motifs (C(OH)–C–C–N with tert-alkyl or cyclic N) is 1. The molecule has 8 heteroatoms. The Bertz CT molecular complexity index is 1020. The number of aliphatic hydroxyl groups excluding tert-OH is 1. The summed E-state index contributed by atoms with van der Waals surface area (Å²) in [4.78, 5) is 14.5. The number of ether oxygens (including phenoxy) is 1. The highest BCUT2D eigenvalue weighted by atomic mass is 32.2. The van der Waals surface area contributed by atoms with Crippen LogP contribution in [0.4, 0.5) is 5.69 Å². The number of carbonyl (C=O) groups is 1. The summed E-state index contributed by atoms with van der Waals surface area (Å²) in [6.45, 7) is 6.05. The molecule has 1 saturated heterocycles. The minimum Gasteiger partial charge on any atom is -0.486 e. The lowest BCUT2D eigenvalue weighted by Crippen LogP contribution is -2.31. The number of anilines is 1. The number of nitrogens with one attached hydrogen (secondary N) is 1. The lowest BCUT2D eigenvalue weighted by molar-refractivity contribution is 0.0730. The third kappa shape index (κ3) is 5.31. The smallest absolute Gasteiger partial charge is 0.254 e. The fraction of sp³-hybridized carbons (Fsp3) is 0.409. The van der Waals surface area contributed by atoms with Crippen LogP contribution in [-0.4, -0.2) is 55.4 Å². The highest BCUT2D eigenvalue weighted by molar-refractivity contribution is 7.92. The van der Waals surface area contributed by atoms with Crippen LogP contribution in [0.25, 0.3) is 0 Å². The molecule has 30 heavy (non-hydrogen) atoms. The standard InChI is InChI=1S/C22H28N2O5S/c1-4-10-30(27,28)23-17-6-5-7-18(12-17)29-21-14-24(13-20(21)25)22(26)19-11-15(2)8-9-16(19)3/h5-9,11-12,20-21,23,25H,4,10,13-14H2,1-3H3. The lowest BCUT2D eigenvalue weighted by Gasteiger charge is -2.19. The molecule has 2 unspecified atom stereocenters. The van der Waals surface area contributed by atoms with E-state index < -0.39 is 22.2 Å². The van der Waals surface area contributed by atoms with E-state index in [1.807, 2.05) is 32.0 Å².